The number of nitrogens with one attached hydrogen (secondary N) is 1. The fourth-order valence-electron chi connectivity index (χ4n) is 2.24. The summed E-state index contributed by atoms with van der Waals surface area (Å²) in [7, 11) is 0. The van der Waals surface area contributed by atoms with Crippen molar-refractivity contribution in [2.24, 2.45) is 11.7 Å². The third-order valence-electron chi connectivity index (χ3n) is 3.43. The number of nitrogens with two attached hydrogens (primary N) is 1. The van der Waals surface area contributed by atoms with Crippen LogP contribution in [0.3, 0.4) is 0 Å². The minimum atomic E-state index is -0.0426. The highest BCUT2D eigenvalue weighted by Crippen LogP contribution is 2.32. The van der Waals surface area contributed by atoms with Gasteiger partial charge in [0.2, 0.25) is 5.91 Å². The minimum absolute atomic E-state index is 0.0157. The van der Waals surface area contributed by atoms with Gasteiger partial charge in [0.05, 0.1) is 0 Å². The standard InChI is InChI=1S/C14H17N3O2/c1-8-16-12-6-10(4-5-13(12)19-8)17-14(18)7-11(15)9-2-3-9/h4-6,9,11H,2-3,7,15H2,1H3,(H,17,18). The lowest BCUT2D eigenvalue weighted by molar-refractivity contribution is -0.116. The number of benzene rings is 1. The first-order valence-corrected chi connectivity index (χ1v) is 6.54. The molecule has 5 heteroatoms. The lowest BCUT2D eigenvalue weighted by Gasteiger charge is -2.10. The molecule has 1 saturated carbocycles. The number of carbonyl (C=O) groups is 1. The van der Waals surface area contributed by atoms with E-state index in [9.17, 15) is 4.79 Å². The molecule has 1 fully saturated rings. The monoisotopic (exact) mass is 259 g/mol. The van der Waals surface area contributed by atoms with E-state index in [1.54, 1.807) is 6.92 Å². The van der Waals surface area contributed by atoms with E-state index in [2.05, 4.69) is 10.3 Å². The van der Waals surface area contributed by atoms with Crippen LogP contribution in [0.4, 0.5) is 5.69 Å². The number of rotatable bonds is 4. The Labute approximate surface area is 111 Å². The van der Waals surface area contributed by atoms with Gasteiger partial charge in [0, 0.05) is 25.1 Å². The van der Waals surface area contributed by atoms with E-state index in [4.69, 9.17) is 10.2 Å². The third kappa shape index (κ3) is 2.76. The maximum Gasteiger partial charge on any atom is 0.225 e. The molecule has 1 atom stereocenters. The number of carbonyl (C=O) groups excluding carboxylic acids is 1. The van der Waals surface area contributed by atoms with Crippen LogP contribution in [0.2, 0.25) is 0 Å². The zero-order valence-corrected chi connectivity index (χ0v) is 10.8. The van der Waals surface area contributed by atoms with Crippen LogP contribution in [0.15, 0.2) is 22.6 Å². The molecule has 0 bridgehead atoms. The molecule has 1 amide bonds. The molecule has 100 valence electrons. The number of anilines is 1. The number of nitrogens with zero attached hydrogens (tertiary/aromatic N) is 1. The van der Waals surface area contributed by atoms with Crippen molar-refractivity contribution in [2.45, 2.75) is 32.2 Å². The molecule has 1 unspecified atom stereocenters. The largest absolute Gasteiger partial charge is 0.441 e. The number of hydrogen-bond acceptors (Lipinski definition) is 4. The molecule has 1 aliphatic carbocycles. The van der Waals surface area contributed by atoms with Crippen LogP contribution >= 0.6 is 0 Å². The molecule has 1 aromatic carbocycles. The lowest BCUT2D eigenvalue weighted by Crippen LogP contribution is -2.28. The van der Waals surface area contributed by atoms with Crippen molar-refractivity contribution in [3.63, 3.8) is 0 Å². The fraction of sp³-hybridized carbons (Fsp3) is 0.429. The fourth-order valence-corrected chi connectivity index (χ4v) is 2.24. The molecule has 0 saturated heterocycles. The zero-order valence-electron chi connectivity index (χ0n) is 10.8. The number of amides is 1. The predicted molar refractivity (Wildman–Crippen MR) is 72.7 cm³/mol. The molecular formula is C14H17N3O2. The first-order valence-electron chi connectivity index (χ1n) is 6.54. The Balaban J connectivity index is 1.68. The predicted octanol–water partition coefficient (Wildman–Crippen LogP) is 2.20. The smallest absolute Gasteiger partial charge is 0.225 e. The van der Waals surface area contributed by atoms with Crippen molar-refractivity contribution in [1.29, 1.82) is 0 Å². The summed E-state index contributed by atoms with van der Waals surface area (Å²) in [4.78, 5) is 16.1. The average Bonchev–Trinajstić information content (AvgIpc) is 3.11. The van der Waals surface area contributed by atoms with Crippen molar-refractivity contribution in [1.82, 2.24) is 4.98 Å². The number of oxazole rings is 1. The SMILES string of the molecule is Cc1nc2cc(NC(=O)CC(N)C3CC3)ccc2o1. The Morgan fingerprint density at radius 1 is 1.58 bits per heavy atom. The maximum atomic E-state index is 11.9. The van der Waals surface area contributed by atoms with Crippen molar-refractivity contribution in [3.05, 3.63) is 24.1 Å². The topological polar surface area (TPSA) is 81.2 Å². The van der Waals surface area contributed by atoms with E-state index >= 15 is 0 Å². The summed E-state index contributed by atoms with van der Waals surface area (Å²) >= 11 is 0. The molecule has 3 rings (SSSR count). The van der Waals surface area contributed by atoms with Crippen molar-refractivity contribution < 1.29 is 9.21 Å². The van der Waals surface area contributed by atoms with Crippen molar-refractivity contribution in [3.8, 4) is 0 Å². The second-order valence-corrected chi connectivity index (χ2v) is 5.17. The summed E-state index contributed by atoms with van der Waals surface area (Å²) in [5.74, 6) is 1.11. The van der Waals surface area contributed by atoms with E-state index in [0.717, 1.165) is 29.6 Å². The highest BCUT2D eigenvalue weighted by molar-refractivity contribution is 5.93. The van der Waals surface area contributed by atoms with E-state index in [0.29, 0.717) is 18.2 Å². The molecule has 19 heavy (non-hydrogen) atoms. The highest BCUT2D eigenvalue weighted by Gasteiger charge is 2.29. The van der Waals surface area contributed by atoms with Gasteiger partial charge < -0.3 is 15.5 Å². The van der Waals surface area contributed by atoms with Gasteiger partial charge in [0.1, 0.15) is 5.52 Å². The van der Waals surface area contributed by atoms with Crippen LogP contribution in [0.1, 0.15) is 25.2 Å². The summed E-state index contributed by atoms with van der Waals surface area (Å²) in [6, 6.07) is 5.42. The second kappa shape index (κ2) is 4.66. The molecule has 5 nitrogen and oxygen atoms in total. The van der Waals surface area contributed by atoms with E-state index < -0.39 is 0 Å². The maximum absolute atomic E-state index is 11.9. The highest BCUT2D eigenvalue weighted by atomic mass is 16.3. The molecule has 1 heterocycles. The van der Waals surface area contributed by atoms with Gasteiger partial charge >= 0.3 is 0 Å². The van der Waals surface area contributed by atoms with Gasteiger partial charge in [0.15, 0.2) is 11.5 Å². The van der Waals surface area contributed by atoms with Crippen LogP contribution in [0, 0.1) is 12.8 Å². The average molecular weight is 259 g/mol. The van der Waals surface area contributed by atoms with Crippen LogP contribution in [-0.4, -0.2) is 16.9 Å². The van der Waals surface area contributed by atoms with Gasteiger partial charge in [-0.05, 0) is 37.0 Å². The Bertz CT molecular complexity index is 616. The van der Waals surface area contributed by atoms with Gasteiger partial charge in [-0.25, -0.2) is 4.98 Å². The molecule has 0 radical (unpaired) electrons. The summed E-state index contributed by atoms with van der Waals surface area (Å²) in [5, 5.41) is 2.86. The molecule has 0 spiro atoms. The third-order valence-corrected chi connectivity index (χ3v) is 3.43. The van der Waals surface area contributed by atoms with Gasteiger partial charge in [-0.1, -0.05) is 0 Å². The van der Waals surface area contributed by atoms with Gasteiger partial charge in [-0.15, -0.1) is 0 Å². The zero-order chi connectivity index (χ0) is 13.4. The van der Waals surface area contributed by atoms with E-state index in [1.807, 2.05) is 18.2 Å². The molecule has 1 aliphatic rings. The van der Waals surface area contributed by atoms with Crippen LogP contribution in [0.25, 0.3) is 11.1 Å². The molecule has 3 N–H and O–H groups in total. The summed E-state index contributed by atoms with van der Waals surface area (Å²) < 4.78 is 5.39. The summed E-state index contributed by atoms with van der Waals surface area (Å²) in [6.45, 7) is 1.80. The first-order chi connectivity index (χ1) is 9.11. The van der Waals surface area contributed by atoms with Crippen molar-refractivity contribution in [2.75, 3.05) is 5.32 Å². The minimum Gasteiger partial charge on any atom is -0.441 e. The van der Waals surface area contributed by atoms with Gasteiger partial charge in [-0.3, -0.25) is 4.79 Å². The Morgan fingerprint density at radius 2 is 2.37 bits per heavy atom. The number of aryl methyl sites for hydroxylation is 1. The van der Waals surface area contributed by atoms with E-state index in [1.165, 1.54) is 0 Å². The Morgan fingerprint density at radius 3 is 3.11 bits per heavy atom. The van der Waals surface area contributed by atoms with Crippen LogP contribution in [0.5, 0.6) is 0 Å². The Hall–Kier alpha value is -1.88. The van der Waals surface area contributed by atoms with Gasteiger partial charge in [-0.2, -0.15) is 0 Å². The second-order valence-electron chi connectivity index (χ2n) is 5.17. The molecular weight excluding hydrogens is 242 g/mol. The van der Waals surface area contributed by atoms with Crippen LogP contribution < -0.4 is 11.1 Å². The van der Waals surface area contributed by atoms with Gasteiger partial charge in [0.25, 0.3) is 0 Å². The quantitative estimate of drug-likeness (QED) is 0.882. The summed E-state index contributed by atoms with van der Waals surface area (Å²) in [6.07, 6.45) is 2.68. The van der Waals surface area contributed by atoms with E-state index in [-0.39, 0.29) is 11.9 Å². The van der Waals surface area contributed by atoms with Crippen molar-refractivity contribution >= 4 is 22.7 Å². The lowest BCUT2D eigenvalue weighted by atomic mass is 10.1. The molecule has 2 aromatic rings. The first kappa shape index (κ1) is 12.2. The number of aromatic nitrogens is 1. The van der Waals surface area contributed by atoms with Crippen LogP contribution in [-0.2, 0) is 4.79 Å². The molecule has 1 aromatic heterocycles. The number of hydrogen-bond donors (Lipinski definition) is 2. The Kier molecular flexibility index (Phi) is 2.98. The normalized spacial score (nSPS) is 16.5. The number of fused-ring (bicyclic) bond motifs is 1. The summed E-state index contributed by atoms with van der Waals surface area (Å²) in [5.41, 5.74) is 8.15. The molecule has 0 aliphatic heterocycles.